The lowest BCUT2D eigenvalue weighted by Crippen LogP contribution is -2.40. The van der Waals surface area contributed by atoms with Crippen LogP contribution in [0.25, 0.3) is 0 Å². The highest BCUT2D eigenvalue weighted by Crippen LogP contribution is 2.41. The van der Waals surface area contributed by atoms with E-state index in [1.807, 2.05) is 45.0 Å². The summed E-state index contributed by atoms with van der Waals surface area (Å²) in [5, 5.41) is 10.8. The summed E-state index contributed by atoms with van der Waals surface area (Å²) in [6, 6.07) is 5.65. The molecule has 0 saturated carbocycles. The fourth-order valence-corrected chi connectivity index (χ4v) is 1.81. The molecule has 0 aromatic carbocycles. The van der Waals surface area contributed by atoms with Crippen LogP contribution in [0, 0.1) is 5.41 Å². The van der Waals surface area contributed by atoms with Gasteiger partial charge >= 0.3 is 0 Å². The lowest BCUT2D eigenvalue weighted by Gasteiger charge is -2.39. The van der Waals surface area contributed by atoms with Crippen molar-refractivity contribution in [3.63, 3.8) is 0 Å². The molecule has 0 amide bonds. The van der Waals surface area contributed by atoms with Crippen LogP contribution in [0.1, 0.15) is 39.3 Å². The number of pyridine rings is 1. The summed E-state index contributed by atoms with van der Waals surface area (Å²) < 4.78 is 0. The van der Waals surface area contributed by atoms with Crippen LogP contribution in [-0.4, -0.2) is 10.1 Å². The third-order valence-corrected chi connectivity index (χ3v) is 3.04. The third-order valence-electron chi connectivity index (χ3n) is 3.04. The molecule has 1 unspecified atom stereocenters. The molecule has 2 heteroatoms. The van der Waals surface area contributed by atoms with Crippen molar-refractivity contribution in [1.29, 1.82) is 0 Å². The predicted octanol–water partition coefficient (Wildman–Crippen LogP) is 3.28. The Morgan fingerprint density at radius 2 is 2.06 bits per heavy atom. The molecule has 1 rings (SSSR count). The van der Waals surface area contributed by atoms with Crippen LogP contribution >= 0.6 is 0 Å². The standard InChI is InChI=1S/C14H21NO/c1-5-6-10-14(16,13(2,3)4)12-9-7-8-11-15-12/h5,7-9,11,16H,1,6,10H2,2-4H3. The maximum atomic E-state index is 10.8. The average molecular weight is 219 g/mol. The van der Waals surface area contributed by atoms with Crippen LogP contribution in [0.4, 0.5) is 0 Å². The number of hydrogen-bond acceptors (Lipinski definition) is 2. The summed E-state index contributed by atoms with van der Waals surface area (Å²) in [5.74, 6) is 0. The Bertz CT molecular complexity index is 340. The van der Waals surface area contributed by atoms with E-state index in [0.717, 1.165) is 12.1 Å². The van der Waals surface area contributed by atoms with Gasteiger partial charge in [0.25, 0.3) is 0 Å². The third kappa shape index (κ3) is 2.50. The number of aromatic nitrogens is 1. The Labute approximate surface area is 98.0 Å². The summed E-state index contributed by atoms with van der Waals surface area (Å²) in [6.45, 7) is 9.81. The van der Waals surface area contributed by atoms with Gasteiger partial charge in [-0.1, -0.05) is 32.9 Å². The largest absolute Gasteiger partial charge is 0.383 e. The van der Waals surface area contributed by atoms with Crippen LogP contribution in [0.15, 0.2) is 37.1 Å². The first kappa shape index (κ1) is 12.9. The lowest BCUT2D eigenvalue weighted by molar-refractivity contribution is -0.0740. The summed E-state index contributed by atoms with van der Waals surface area (Å²) in [4.78, 5) is 4.29. The van der Waals surface area contributed by atoms with Gasteiger partial charge in [-0.15, -0.1) is 6.58 Å². The van der Waals surface area contributed by atoms with E-state index in [4.69, 9.17) is 0 Å². The predicted molar refractivity (Wildman–Crippen MR) is 67.0 cm³/mol. The van der Waals surface area contributed by atoms with E-state index in [9.17, 15) is 5.11 Å². The molecular formula is C14H21NO. The van der Waals surface area contributed by atoms with Crippen molar-refractivity contribution in [2.24, 2.45) is 5.41 Å². The van der Waals surface area contributed by atoms with Crippen LogP contribution in [0.3, 0.4) is 0 Å². The molecule has 0 aliphatic rings. The molecule has 1 N–H and O–H groups in total. The molecule has 0 bridgehead atoms. The maximum absolute atomic E-state index is 10.8. The van der Waals surface area contributed by atoms with Crippen LogP contribution < -0.4 is 0 Å². The van der Waals surface area contributed by atoms with Gasteiger partial charge in [0.05, 0.1) is 5.69 Å². The first-order valence-corrected chi connectivity index (χ1v) is 5.66. The molecule has 0 spiro atoms. The Kier molecular flexibility index (Phi) is 3.87. The zero-order chi connectivity index (χ0) is 12.2. The Morgan fingerprint density at radius 3 is 2.50 bits per heavy atom. The fraction of sp³-hybridized carbons (Fsp3) is 0.500. The quantitative estimate of drug-likeness (QED) is 0.788. The van der Waals surface area contributed by atoms with Gasteiger partial charge in [0.1, 0.15) is 5.60 Å². The second kappa shape index (κ2) is 4.79. The van der Waals surface area contributed by atoms with Crippen molar-refractivity contribution in [3.8, 4) is 0 Å². The highest BCUT2D eigenvalue weighted by molar-refractivity contribution is 5.16. The van der Waals surface area contributed by atoms with Gasteiger partial charge in [0.2, 0.25) is 0 Å². The van der Waals surface area contributed by atoms with Crippen molar-refractivity contribution in [1.82, 2.24) is 4.98 Å². The van der Waals surface area contributed by atoms with Gasteiger partial charge in [-0.05, 0) is 30.4 Å². The second-order valence-electron chi connectivity index (χ2n) is 5.15. The van der Waals surface area contributed by atoms with E-state index in [-0.39, 0.29) is 5.41 Å². The molecule has 0 saturated heterocycles. The smallest absolute Gasteiger partial charge is 0.112 e. The molecule has 1 aromatic rings. The van der Waals surface area contributed by atoms with E-state index in [1.54, 1.807) is 6.20 Å². The molecular weight excluding hydrogens is 198 g/mol. The molecule has 0 radical (unpaired) electrons. The van der Waals surface area contributed by atoms with E-state index < -0.39 is 5.60 Å². The van der Waals surface area contributed by atoms with E-state index >= 15 is 0 Å². The van der Waals surface area contributed by atoms with Crippen molar-refractivity contribution >= 4 is 0 Å². The summed E-state index contributed by atoms with van der Waals surface area (Å²) >= 11 is 0. The van der Waals surface area contributed by atoms with E-state index in [0.29, 0.717) is 6.42 Å². The Hall–Kier alpha value is -1.15. The van der Waals surface area contributed by atoms with Crippen molar-refractivity contribution < 1.29 is 5.11 Å². The van der Waals surface area contributed by atoms with E-state index in [1.165, 1.54) is 0 Å². The van der Waals surface area contributed by atoms with Gasteiger partial charge in [-0.3, -0.25) is 4.98 Å². The van der Waals surface area contributed by atoms with Gasteiger partial charge in [-0.2, -0.15) is 0 Å². The van der Waals surface area contributed by atoms with E-state index in [2.05, 4.69) is 11.6 Å². The Morgan fingerprint density at radius 1 is 1.38 bits per heavy atom. The SMILES string of the molecule is C=CCCC(O)(c1ccccn1)C(C)(C)C. The number of hydrogen-bond donors (Lipinski definition) is 1. The van der Waals surface area contributed by atoms with Crippen molar-refractivity contribution in [3.05, 3.63) is 42.7 Å². The summed E-state index contributed by atoms with van der Waals surface area (Å²) in [5.41, 5.74) is -0.406. The van der Waals surface area contributed by atoms with Crippen LogP contribution in [-0.2, 0) is 5.60 Å². The summed E-state index contributed by atoms with van der Waals surface area (Å²) in [6.07, 6.45) is 4.99. The Balaban J connectivity index is 3.10. The van der Waals surface area contributed by atoms with Crippen LogP contribution in [0.2, 0.25) is 0 Å². The molecule has 2 nitrogen and oxygen atoms in total. The lowest BCUT2D eigenvalue weighted by atomic mass is 9.71. The first-order valence-electron chi connectivity index (χ1n) is 5.66. The average Bonchev–Trinajstić information content (AvgIpc) is 2.25. The highest BCUT2D eigenvalue weighted by atomic mass is 16.3. The van der Waals surface area contributed by atoms with Gasteiger partial charge in [-0.25, -0.2) is 0 Å². The second-order valence-corrected chi connectivity index (χ2v) is 5.15. The molecule has 88 valence electrons. The fourth-order valence-electron chi connectivity index (χ4n) is 1.81. The molecule has 1 atom stereocenters. The number of nitrogens with zero attached hydrogens (tertiary/aromatic N) is 1. The number of aliphatic hydroxyl groups is 1. The van der Waals surface area contributed by atoms with Gasteiger partial charge in [0.15, 0.2) is 0 Å². The minimum Gasteiger partial charge on any atom is -0.383 e. The molecule has 0 fully saturated rings. The minimum atomic E-state index is -0.900. The number of allylic oxidation sites excluding steroid dienone is 1. The van der Waals surface area contributed by atoms with Crippen LogP contribution in [0.5, 0.6) is 0 Å². The first-order chi connectivity index (χ1) is 7.42. The molecule has 1 heterocycles. The van der Waals surface area contributed by atoms with Gasteiger partial charge < -0.3 is 5.11 Å². The zero-order valence-corrected chi connectivity index (χ0v) is 10.4. The topological polar surface area (TPSA) is 33.1 Å². The maximum Gasteiger partial charge on any atom is 0.112 e. The van der Waals surface area contributed by atoms with Gasteiger partial charge in [0, 0.05) is 6.20 Å². The molecule has 1 aromatic heterocycles. The monoisotopic (exact) mass is 219 g/mol. The minimum absolute atomic E-state index is 0.246. The highest BCUT2D eigenvalue weighted by Gasteiger charge is 2.41. The molecule has 0 aliphatic heterocycles. The molecule has 16 heavy (non-hydrogen) atoms. The number of rotatable bonds is 4. The summed E-state index contributed by atoms with van der Waals surface area (Å²) in [7, 11) is 0. The van der Waals surface area contributed by atoms with Crippen molar-refractivity contribution in [2.75, 3.05) is 0 Å². The zero-order valence-electron chi connectivity index (χ0n) is 10.4. The van der Waals surface area contributed by atoms with Crippen molar-refractivity contribution in [2.45, 2.75) is 39.2 Å². The normalized spacial score (nSPS) is 15.5. The molecule has 0 aliphatic carbocycles.